The number of esters is 1. The molecule has 25 heavy (non-hydrogen) atoms. The van der Waals surface area contributed by atoms with Crippen LogP contribution in [0.2, 0.25) is 0 Å². The quantitative estimate of drug-likeness (QED) is 0.645. The number of halogens is 4. The summed E-state index contributed by atoms with van der Waals surface area (Å²) in [5.74, 6) is -3.62. The normalized spacial score (nSPS) is 10.5. The maximum Gasteiger partial charge on any atom is 0.344 e. The monoisotopic (exact) mass is 417 g/mol. The van der Waals surface area contributed by atoms with Crippen LogP contribution in [0.4, 0.5) is 24.5 Å². The van der Waals surface area contributed by atoms with Gasteiger partial charge in [-0.15, -0.1) is 0 Å². The second-order valence-corrected chi connectivity index (χ2v) is 5.87. The third-order valence-electron chi connectivity index (χ3n) is 3.29. The van der Waals surface area contributed by atoms with Crippen LogP contribution in [0, 0.1) is 17.5 Å². The Morgan fingerprint density at radius 3 is 2.52 bits per heavy atom. The van der Waals surface area contributed by atoms with Crippen LogP contribution >= 0.6 is 15.9 Å². The standard InChI is InChI=1S/C17H15BrF3NO3/c1-3-24-15(23)9-25-14-7-6-12(20)17(16(14)21)22(2)13-8-10(18)4-5-11(13)19/h4-8H,3,9H2,1-2H3. The van der Waals surface area contributed by atoms with Crippen molar-refractivity contribution in [3.63, 3.8) is 0 Å². The lowest BCUT2D eigenvalue weighted by Crippen LogP contribution is -2.18. The molecule has 0 bridgehead atoms. The largest absolute Gasteiger partial charge is 0.479 e. The van der Waals surface area contributed by atoms with Crippen molar-refractivity contribution >= 4 is 33.3 Å². The first-order valence-corrected chi connectivity index (χ1v) is 8.09. The molecule has 0 aliphatic carbocycles. The molecule has 0 unspecified atom stereocenters. The molecule has 2 rings (SSSR count). The van der Waals surface area contributed by atoms with Gasteiger partial charge in [0.1, 0.15) is 17.3 Å². The zero-order valence-corrected chi connectivity index (χ0v) is 15.1. The first kappa shape index (κ1) is 19.1. The van der Waals surface area contributed by atoms with E-state index >= 15 is 0 Å². The van der Waals surface area contributed by atoms with E-state index < -0.39 is 35.7 Å². The zero-order chi connectivity index (χ0) is 18.6. The van der Waals surface area contributed by atoms with Gasteiger partial charge in [-0.2, -0.15) is 0 Å². The van der Waals surface area contributed by atoms with E-state index in [0.717, 1.165) is 17.0 Å². The summed E-state index contributed by atoms with van der Waals surface area (Å²) in [5, 5.41) is 0. The number of carbonyl (C=O) groups excluding carboxylic acids is 1. The summed E-state index contributed by atoms with van der Waals surface area (Å²) >= 11 is 3.19. The summed E-state index contributed by atoms with van der Waals surface area (Å²) in [6.07, 6.45) is 0. The van der Waals surface area contributed by atoms with Crippen LogP contribution in [-0.2, 0) is 9.53 Å². The highest BCUT2D eigenvalue weighted by Crippen LogP contribution is 2.36. The summed E-state index contributed by atoms with van der Waals surface area (Å²) in [4.78, 5) is 12.3. The van der Waals surface area contributed by atoms with Crippen LogP contribution in [0.15, 0.2) is 34.8 Å². The fourth-order valence-electron chi connectivity index (χ4n) is 2.14. The van der Waals surface area contributed by atoms with Crippen molar-refractivity contribution in [1.82, 2.24) is 0 Å². The molecule has 0 fully saturated rings. The van der Waals surface area contributed by atoms with Crippen molar-refractivity contribution in [1.29, 1.82) is 0 Å². The molecule has 0 aromatic heterocycles. The average Bonchev–Trinajstić information content (AvgIpc) is 2.56. The van der Waals surface area contributed by atoms with Gasteiger partial charge in [-0.05, 0) is 37.3 Å². The van der Waals surface area contributed by atoms with E-state index in [4.69, 9.17) is 4.74 Å². The molecular weight excluding hydrogens is 403 g/mol. The van der Waals surface area contributed by atoms with Gasteiger partial charge in [-0.25, -0.2) is 18.0 Å². The first-order chi connectivity index (χ1) is 11.8. The van der Waals surface area contributed by atoms with Crippen LogP contribution in [-0.4, -0.2) is 26.2 Å². The minimum absolute atomic E-state index is 0.0327. The smallest absolute Gasteiger partial charge is 0.344 e. The van der Waals surface area contributed by atoms with Gasteiger partial charge in [0.2, 0.25) is 0 Å². The molecule has 0 heterocycles. The van der Waals surface area contributed by atoms with E-state index in [0.29, 0.717) is 4.47 Å². The van der Waals surface area contributed by atoms with Crippen molar-refractivity contribution < 1.29 is 27.4 Å². The molecule has 0 radical (unpaired) electrons. The maximum atomic E-state index is 14.6. The Labute approximate surface area is 151 Å². The molecule has 0 atom stereocenters. The summed E-state index contributed by atoms with van der Waals surface area (Å²) in [7, 11) is 1.32. The predicted octanol–water partition coefficient (Wildman–Crippen LogP) is 4.58. The fraction of sp³-hybridized carbons (Fsp3) is 0.235. The molecule has 8 heteroatoms. The van der Waals surface area contributed by atoms with Crippen LogP contribution in [0.5, 0.6) is 5.75 Å². The highest BCUT2D eigenvalue weighted by molar-refractivity contribution is 9.10. The summed E-state index contributed by atoms with van der Waals surface area (Å²) in [6, 6.07) is 6.06. The molecule has 0 N–H and O–H groups in total. The second-order valence-electron chi connectivity index (χ2n) is 4.96. The lowest BCUT2D eigenvalue weighted by molar-refractivity contribution is -0.145. The predicted molar refractivity (Wildman–Crippen MR) is 90.6 cm³/mol. The minimum atomic E-state index is -1.05. The van der Waals surface area contributed by atoms with Crippen LogP contribution in [0.25, 0.3) is 0 Å². The number of ether oxygens (including phenoxy) is 2. The molecule has 0 spiro atoms. The summed E-state index contributed by atoms with van der Waals surface area (Å²) in [5.41, 5.74) is -0.534. The van der Waals surface area contributed by atoms with Gasteiger partial charge in [0.05, 0.1) is 12.3 Å². The van der Waals surface area contributed by atoms with E-state index in [1.54, 1.807) is 6.92 Å². The highest BCUT2D eigenvalue weighted by Gasteiger charge is 2.22. The van der Waals surface area contributed by atoms with E-state index in [9.17, 15) is 18.0 Å². The SMILES string of the molecule is CCOC(=O)COc1ccc(F)c(N(C)c2cc(Br)ccc2F)c1F. The molecule has 0 saturated heterocycles. The number of benzene rings is 2. The third-order valence-corrected chi connectivity index (χ3v) is 3.78. The van der Waals surface area contributed by atoms with Crippen molar-refractivity contribution in [2.45, 2.75) is 6.92 Å². The number of carbonyl (C=O) groups is 1. The Morgan fingerprint density at radius 1 is 1.16 bits per heavy atom. The van der Waals surface area contributed by atoms with Crippen LogP contribution < -0.4 is 9.64 Å². The highest BCUT2D eigenvalue weighted by atomic mass is 79.9. The van der Waals surface area contributed by atoms with E-state index in [2.05, 4.69) is 20.7 Å². The van der Waals surface area contributed by atoms with Gasteiger partial charge in [0.15, 0.2) is 18.2 Å². The van der Waals surface area contributed by atoms with Crippen LogP contribution in [0.1, 0.15) is 6.92 Å². The summed E-state index contributed by atoms with van der Waals surface area (Å²) < 4.78 is 53.1. The molecule has 134 valence electrons. The molecule has 0 saturated carbocycles. The number of nitrogens with zero attached hydrogens (tertiary/aromatic N) is 1. The topological polar surface area (TPSA) is 38.8 Å². The van der Waals surface area contributed by atoms with E-state index in [-0.39, 0.29) is 18.0 Å². The molecule has 2 aromatic rings. The third kappa shape index (κ3) is 4.45. The minimum Gasteiger partial charge on any atom is -0.479 e. The molecular formula is C17H15BrF3NO3. The number of hydrogen-bond acceptors (Lipinski definition) is 4. The fourth-order valence-corrected chi connectivity index (χ4v) is 2.49. The van der Waals surface area contributed by atoms with Crippen molar-refractivity contribution in [2.75, 3.05) is 25.2 Å². The van der Waals surface area contributed by atoms with E-state index in [1.807, 2.05) is 0 Å². The van der Waals surface area contributed by atoms with Crippen molar-refractivity contribution in [3.8, 4) is 5.75 Å². The Kier molecular flexibility index (Phi) is 6.30. The Bertz CT molecular complexity index is 786. The Balaban J connectivity index is 2.35. The first-order valence-electron chi connectivity index (χ1n) is 7.30. The number of anilines is 2. The van der Waals surface area contributed by atoms with E-state index in [1.165, 1.54) is 25.2 Å². The Hall–Kier alpha value is -2.22. The van der Waals surface area contributed by atoms with Gasteiger partial charge in [-0.1, -0.05) is 15.9 Å². The zero-order valence-electron chi connectivity index (χ0n) is 13.5. The average molecular weight is 418 g/mol. The molecule has 4 nitrogen and oxygen atoms in total. The van der Waals surface area contributed by atoms with Crippen molar-refractivity contribution in [3.05, 3.63) is 52.3 Å². The second kappa shape index (κ2) is 8.24. The lowest BCUT2D eigenvalue weighted by atomic mass is 10.2. The van der Waals surface area contributed by atoms with Gasteiger partial charge < -0.3 is 14.4 Å². The van der Waals surface area contributed by atoms with Gasteiger partial charge in [0, 0.05) is 11.5 Å². The number of rotatable bonds is 6. The maximum absolute atomic E-state index is 14.6. The molecule has 2 aromatic carbocycles. The molecule has 0 aliphatic heterocycles. The van der Waals surface area contributed by atoms with Crippen LogP contribution in [0.3, 0.4) is 0 Å². The summed E-state index contributed by atoms with van der Waals surface area (Å²) in [6.45, 7) is 1.25. The lowest BCUT2D eigenvalue weighted by Gasteiger charge is -2.22. The van der Waals surface area contributed by atoms with Crippen molar-refractivity contribution in [2.24, 2.45) is 0 Å². The number of hydrogen-bond donors (Lipinski definition) is 0. The Morgan fingerprint density at radius 2 is 1.84 bits per heavy atom. The van der Waals surface area contributed by atoms with Gasteiger partial charge >= 0.3 is 5.97 Å². The van der Waals surface area contributed by atoms with Gasteiger partial charge in [-0.3, -0.25) is 0 Å². The van der Waals surface area contributed by atoms with Gasteiger partial charge in [0.25, 0.3) is 0 Å². The molecule has 0 amide bonds. The molecule has 0 aliphatic rings.